The summed E-state index contributed by atoms with van der Waals surface area (Å²) in [4.78, 5) is 13.1. The fourth-order valence-electron chi connectivity index (χ4n) is 6.54. The van der Waals surface area contributed by atoms with Crippen LogP contribution in [0.1, 0.15) is 77.3 Å². The van der Waals surface area contributed by atoms with Gasteiger partial charge in [0.25, 0.3) is 10.0 Å². The van der Waals surface area contributed by atoms with Crippen molar-refractivity contribution in [1.29, 1.82) is 0 Å². The summed E-state index contributed by atoms with van der Waals surface area (Å²) in [5.41, 5.74) is 8.17. The Labute approximate surface area is 213 Å². The van der Waals surface area contributed by atoms with Crippen LogP contribution in [-0.4, -0.2) is 14.4 Å². The summed E-state index contributed by atoms with van der Waals surface area (Å²) >= 11 is 0. The van der Waals surface area contributed by atoms with Crippen molar-refractivity contribution in [3.63, 3.8) is 0 Å². The van der Waals surface area contributed by atoms with Crippen LogP contribution in [0.4, 0.5) is 10.5 Å². The van der Waals surface area contributed by atoms with Gasteiger partial charge in [0.05, 0.1) is 4.90 Å². The van der Waals surface area contributed by atoms with Crippen LogP contribution >= 0.6 is 0 Å². The molecule has 0 radical (unpaired) electrons. The van der Waals surface area contributed by atoms with Crippen LogP contribution in [0.25, 0.3) is 0 Å². The first-order valence-corrected chi connectivity index (χ1v) is 14.6. The number of aryl methyl sites for hydroxylation is 2. The van der Waals surface area contributed by atoms with Gasteiger partial charge in [-0.1, -0.05) is 48.5 Å². The SMILES string of the molecule is O=C(Nc1c2c(cc3c1CCC3)CCC2)NS(=O)(=O)c1cccc(C2CCC(c3ccccc3)C2)c1. The lowest BCUT2D eigenvalue weighted by Gasteiger charge is -2.17. The molecule has 6 heteroatoms. The number of fused-ring (bicyclic) bond motifs is 2. The molecule has 2 N–H and O–H groups in total. The van der Waals surface area contributed by atoms with Gasteiger partial charge in [-0.3, -0.25) is 0 Å². The average molecular weight is 501 g/mol. The molecule has 0 spiro atoms. The minimum absolute atomic E-state index is 0.141. The Morgan fingerprint density at radius 1 is 0.750 bits per heavy atom. The normalized spacial score (nSPS) is 20.7. The number of urea groups is 1. The van der Waals surface area contributed by atoms with Gasteiger partial charge in [-0.2, -0.15) is 0 Å². The predicted molar refractivity (Wildman–Crippen MR) is 142 cm³/mol. The molecule has 6 rings (SSSR count). The van der Waals surface area contributed by atoms with Crippen LogP contribution in [-0.2, 0) is 35.7 Å². The van der Waals surface area contributed by atoms with Gasteiger partial charge in [-0.25, -0.2) is 17.9 Å². The number of carbonyl (C=O) groups excluding carboxylic acids is 1. The summed E-state index contributed by atoms with van der Waals surface area (Å²) in [7, 11) is -3.99. The Hall–Kier alpha value is -3.12. The van der Waals surface area contributed by atoms with Crippen LogP contribution in [0, 0.1) is 0 Å². The van der Waals surface area contributed by atoms with Gasteiger partial charge in [-0.15, -0.1) is 0 Å². The number of benzene rings is 3. The van der Waals surface area contributed by atoms with Crippen LogP contribution < -0.4 is 10.0 Å². The number of nitrogens with one attached hydrogen (secondary N) is 2. The fourth-order valence-corrected chi connectivity index (χ4v) is 7.50. The molecule has 0 saturated heterocycles. The van der Waals surface area contributed by atoms with Crippen molar-refractivity contribution in [1.82, 2.24) is 4.72 Å². The molecule has 0 aliphatic heterocycles. The van der Waals surface area contributed by atoms with Gasteiger partial charge in [0, 0.05) is 5.69 Å². The minimum atomic E-state index is -3.99. The molecule has 3 aromatic carbocycles. The standard InChI is InChI=1S/C30H32N2O3S/c33-30(31-29-27-13-5-10-24(27)18-25-11-6-14-28(25)29)32-36(34,35)26-12-4-9-21(19-26)23-16-15-22(17-23)20-7-2-1-3-8-20/h1-4,7-9,12,18-19,22-23H,5-6,10-11,13-17H2,(H2,31,32,33). The third kappa shape index (κ3) is 4.43. The molecule has 1 saturated carbocycles. The molecule has 0 bridgehead atoms. The van der Waals surface area contributed by atoms with Crippen molar-refractivity contribution >= 4 is 21.7 Å². The van der Waals surface area contributed by atoms with E-state index in [0.29, 0.717) is 11.8 Å². The summed E-state index contributed by atoms with van der Waals surface area (Å²) in [6.07, 6.45) is 9.19. The van der Waals surface area contributed by atoms with E-state index in [1.54, 1.807) is 18.2 Å². The van der Waals surface area contributed by atoms with E-state index in [4.69, 9.17) is 0 Å². The number of sulfonamides is 1. The van der Waals surface area contributed by atoms with Crippen molar-refractivity contribution < 1.29 is 13.2 Å². The number of anilines is 1. The number of hydrogen-bond acceptors (Lipinski definition) is 3. The Balaban J connectivity index is 1.18. The van der Waals surface area contributed by atoms with Crippen molar-refractivity contribution in [3.8, 4) is 0 Å². The smallest absolute Gasteiger partial charge is 0.307 e. The zero-order valence-electron chi connectivity index (χ0n) is 20.4. The quantitative estimate of drug-likeness (QED) is 0.436. The first-order valence-electron chi connectivity index (χ1n) is 13.1. The molecular weight excluding hydrogens is 468 g/mol. The van der Waals surface area contributed by atoms with Crippen LogP contribution in [0.15, 0.2) is 65.6 Å². The first-order chi connectivity index (χ1) is 17.5. The number of carbonyl (C=O) groups is 1. The summed E-state index contributed by atoms with van der Waals surface area (Å²) in [5, 5.41) is 2.93. The van der Waals surface area contributed by atoms with E-state index in [2.05, 4.69) is 40.4 Å². The Morgan fingerprint density at radius 3 is 2.08 bits per heavy atom. The number of amides is 2. The maximum Gasteiger partial charge on any atom is 0.333 e. The minimum Gasteiger partial charge on any atom is -0.307 e. The highest BCUT2D eigenvalue weighted by molar-refractivity contribution is 7.90. The zero-order chi connectivity index (χ0) is 24.7. The van der Waals surface area contributed by atoms with Crippen LogP contribution in [0.3, 0.4) is 0 Å². The lowest BCUT2D eigenvalue weighted by molar-refractivity contribution is 0.256. The molecule has 186 valence electrons. The molecule has 3 aromatic rings. The summed E-state index contributed by atoms with van der Waals surface area (Å²) in [5.74, 6) is 0.809. The molecule has 5 nitrogen and oxygen atoms in total. The third-order valence-electron chi connectivity index (χ3n) is 8.28. The molecule has 1 fully saturated rings. The Morgan fingerprint density at radius 2 is 1.39 bits per heavy atom. The lowest BCUT2D eigenvalue weighted by Crippen LogP contribution is -2.35. The molecule has 3 aliphatic carbocycles. The predicted octanol–water partition coefficient (Wildman–Crippen LogP) is 6.23. The highest BCUT2D eigenvalue weighted by atomic mass is 32.2. The second-order valence-electron chi connectivity index (χ2n) is 10.5. The van der Waals surface area contributed by atoms with Crippen molar-refractivity contribution in [2.24, 2.45) is 0 Å². The Bertz CT molecular complexity index is 1380. The van der Waals surface area contributed by atoms with Crippen molar-refractivity contribution in [2.75, 3.05) is 5.32 Å². The highest BCUT2D eigenvalue weighted by Crippen LogP contribution is 2.44. The summed E-state index contributed by atoms with van der Waals surface area (Å²) in [6, 6.07) is 19.2. The van der Waals surface area contributed by atoms with Gasteiger partial charge < -0.3 is 5.32 Å². The number of rotatable bonds is 5. The second kappa shape index (κ2) is 9.40. The van der Waals surface area contributed by atoms with E-state index in [-0.39, 0.29) is 4.90 Å². The Kier molecular flexibility index (Phi) is 6.08. The third-order valence-corrected chi connectivity index (χ3v) is 9.61. The lowest BCUT2D eigenvalue weighted by atomic mass is 9.93. The van der Waals surface area contributed by atoms with Crippen LogP contribution in [0.5, 0.6) is 0 Å². The molecule has 3 aliphatic rings. The maximum atomic E-state index is 13.2. The van der Waals surface area contributed by atoms with E-state index >= 15 is 0 Å². The van der Waals surface area contributed by atoms with Crippen molar-refractivity contribution in [2.45, 2.75) is 74.5 Å². The molecule has 2 atom stereocenters. The van der Waals surface area contributed by atoms with Gasteiger partial charge in [0.2, 0.25) is 0 Å². The number of hydrogen-bond donors (Lipinski definition) is 2. The molecule has 2 unspecified atom stereocenters. The average Bonchev–Trinajstić information content (AvgIpc) is 3.65. The van der Waals surface area contributed by atoms with Gasteiger partial charge >= 0.3 is 6.03 Å². The molecule has 0 heterocycles. The summed E-state index contributed by atoms with van der Waals surface area (Å²) < 4.78 is 28.6. The van der Waals surface area contributed by atoms with Crippen LogP contribution in [0.2, 0.25) is 0 Å². The van der Waals surface area contributed by atoms with Gasteiger partial charge in [0.1, 0.15) is 0 Å². The first kappa shape index (κ1) is 23.3. The molecule has 2 amide bonds. The maximum absolute atomic E-state index is 13.2. The van der Waals surface area contributed by atoms with Gasteiger partial charge in [0.15, 0.2) is 0 Å². The molecule has 36 heavy (non-hydrogen) atoms. The highest BCUT2D eigenvalue weighted by Gasteiger charge is 2.29. The van der Waals surface area contributed by atoms with E-state index in [0.717, 1.165) is 69.0 Å². The topological polar surface area (TPSA) is 75.3 Å². The van der Waals surface area contributed by atoms with E-state index < -0.39 is 16.1 Å². The van der Waals surface area contributed by atoms with E-state index in [1.165, 1.54) is 27.8 Å². The van der Waals surface area contributed by atoms with Gasteiger partial charge in [-0.05, 0) is 115 Å². The van der Waals surface area contributed by atoms with E-state index in [1.807, 2.05) is 12.1 Å². The largest absolute Gasteiger partial charge is 0.333 e. The molecular formula is C30H32N2O3S. The zero-order valence-corrected chi connectivity index (χ0v) is 21.2. The fraction of sp³-hybridized carbons (Fsp3) is 0.367. The summed E-state index contributed by atoms with van der Waals surface area (Å²) in [6.45, 7) is 0. The van der Waals surface area contributed by atoms with E-state index in [9.17, 15) is 13.2 Å². The molecule has 0 aromatic heterocycles. The second-order valence-corrected chi connectivity index (χ2v) is 12.2. The van der Waals surface area contributed by atoms with Crippen molar-refractivity contribution in [3.05, 3.63) is 94.0 Å². The monoisotopic (exact) mass is 500 g/mol.